The molecule has 3 amide bonds. The normalized spacial score (nSPS) is 11.9. The van der Waals surface area contributed by atoms with Crippen LogP contribution in [0.5, 0.6) is 0 Å². The Morgan fingerprint density at radius 3 is 1.87 bits per heavy atom. The number of amides is 3. The van der Waals surface area contributed by atoms with Crippen LogP contribution in [0.2, 0.25) is 0 Å². The van der Waals surface area contributed by atoms with Crippen molar-refractivity contribution in [2.24, 2.45) is 5.90 Å². The summed E-state index contributed by atoms with van der Waals surface area (Å²) in [5.41, 5.74) is 1.67. The average molecular weight is 543 g/mol. The zero-order valence-electron chi connectivity index (χ0n) is 22.2. The van der Waals surface area contributed by atoms with Crippen LogP contribution in [0.15, 0.2) is 60.7 Å². The molecule has 0 bridgehead atoms. The Hall–Kier alpha value is -4.12. The third-order valence-electron chi connectivity index (χ3n) is 5.79. The molecular weight excluding hydrogens is 504 g/mol. The molecule has 11 heteroatoms. The molecule has 0 heterocycles. The van der Waals surface area contributed by atoms with Crippen molar-refractivity contribution in [3.8, 4) is 0 Å². The first-order chi connectivity index (χ1) is 18.9. The Morgan fingerprint density at radius 1 is 0.744 bits per heavy atom. The van der Waals surface area contributed by atoms with Gasteiger partial charge in [0.1, 0.15) is 25.3 Å². The monoisotopic (exact) mass is 542 g/mol. The topological polar surface area (TPSA) is 158 Å². The molecule has 0 aliphatic rings. The third kappa shape index (κ3) is 12.8. The number of hydrogen-bond donors (Lipinski definition) is 4. The summed E-state index contributed by atoms with van der Waals surface area (Å²) >= 11 is 0. The van der Waals surface area contributed by atoms with Crippen LogP contribution in [0.3, 0.4) is 0 Å². The molecule has 1 unspecified atom stereocenters. The van der Waals surface area contributed by atoms with Crippen molar-refractivity contribution < 1.29 is 33.5 Å². The van der Waals surface area contributed by atoms with Crippen LogP contribution in [0.25, 0.3) is 0 Å². The zero-order valence-corrected chi connectivity index (χ0v) is 22.2. The molecule has 0 spiro atoms. The number of nitrogens with two attached hydrogens (primary N) is 1. The quantitative estimate of drug-likeness (QED) is 0.185. The highest BCUT2D eigenvalue weighted by Crippen LogP contribution is 2.08. The molecule has 0 aliphatic heterocycles. The molecule has 0 fully saturated rings. The van der Waals surface area contributed by atoms with Crippen molar-refractivity contribution in [3.63, 3.8) is 0 Å². The Balaban J connectivity index is 1.86. The molecule has 0 aliphatic carbocycles. The summed E-state index contributed by atoms with van der Waals surface area (Å²) in [6, 6.07) is 16.5. The molecule has 39 heavy (non-hydrogen) atoms. The van der Waals surface area contributed by atoms with Gasteiger partial charge >= 0.3 is 18.2 Å². The standard InChI is InChI=1S/C28H38N4O7/c1-2-3-16-24(26(34)39-29)31-25(33)23(32-28(36)38-20-22-14-8-5-9-15-22)17-10-11-18-30-27(35)37-19-21-12-6-4-7-13-21/h4-9,12-15,23-24H,2-3,10-11,16-20,29H2,1H3,(H,30,35)(H,31,33)(H,32,36)/t23-,24?/m0/s1. The fraction of sp³-hybridized carbons (Fsp3) is 0.429. The van der Waals surface area contributed by atoms with Crippen LogP contribution >= 0.6 is 0 Å². The Bertz CT molecular complexity index is 1020. The lowest BCUT2D eigenvalue weighted by molar-refractivity contribution is -0.148. The van der Waals surface area contributed by atoms with Gasteiger partial charge in [-0.25, -0.2) is 14.4 Å². The van der Waals surface area contributed by atoms with E-state index in [9.17, 15) is 19.2 Å². The number of carbonyl (C=O) groups is 4. The first kappa shape index (κ1) is 31.1. The van der Waals surface area contributed by atoms with Crippen LogP contribution in [-0.4, -0.2) is 42.7 Å². The summed E-state index contributed by atoms with van der Waals surface area (Å²) < 4.78 is 10.4. The van der Waals surface area contributed by atoms with Gasteiger partial charge in [0.15, 0.2) is 0 Å². The van der Waals surface area contributed by atoms with Gasteiger partial charge in [0.05, 0.1) is 0 Å². The molecule has 212 valence electrons. The van der Waals surface area contributed by atoms with Gasteiger partial charge in [-0.2, -0.15) is 5.90 Å². The van der Waals surface area contributed by atoms with Gasteiger partial charge in [0.2, 0.25) is 5.91 Å². The Kier molecular flexibility index (Phi) is 14.5. The predicted molar refractivity (Wildman–Crippen MR) is 144 cm³/mol. The fourth-order valence-electron chi connectivity index (χ4n) is 3.63. The van der Waals surface area contributed by atoms with E-state index in [4.69, 9.17) is 15.4 Å². The summed E-state index contributed by atoms with van der Waals surface area (Å²) in [6.45, 7) is 2.47. The van der Waals surface area contributed by atoms with Gasteiger partial charge in [-0.05, 0) is 36.8 Å². The average Bonchev–Trinajstić information content (AvgIpc) is 2.96. The van der Waals surface area contributed by atoms with Gasteiger partial charge in [-0.15, -0.1) is 0 Å². The first-order valence-corrected chi connectivity index (χ1v) is 13.1. The van der Waals surface area contributed by atoms with E-state index in [1.54, 1.807) is 0 Å². The summed E-state index contributed by atoms with van der Waals surface area (Å²) in [6.07, 6.45) is 1.75. The smallest absolute Gasteiger partial charge is 0.408 e. The Morgan fingerprint density at radius 2 is 1.31 bits per heavy atom. The zero-order chi connectivity index (χ0) is 28.3. The SMILES string of the molecule is CCCCC(NC(=O)[C@H](CCCCNC(=O)OCc1ccccc1)NC(=O)OCc1ccccc1)C(=O)ON. The maximum Gasteiger partial charge on any atom is 0.408 e. The Labute approximate surface area is 228 Å². The maximum absolute atomic E-state index is 13.0. The molecule has 2 atom stereocenters. The second-order valence-electron chi connectivity index (χ2n) is 8.88. The lowest BCUT2D eigenvalue weighted by Gasteiger charge is -2.22. The highest BCUT2D eigenvalue weighted by Gasteiger charge is 2.27. The summed E-state index contributed by atoms with van der Waals surface area (Å²) in [4.78, 5) is 53.8. The fourth-order valence-corrected chi connectivity index (χ4v) is 3.63. The van der Waals surface area contributed by atoms with Crippen LogP contribution in [0.1, 0.15) is 56.6 Å². The maximum atomic E-state index is 13.0. The van der Waals surface area contributed by atoms with Gasteiger partial charge < -0.3 is 30.3 Å². The molecule has 5 N–H and O–H groups in total. The van der Waals surface area contributed by atoms with Crippen molar-refractivity contribution >= 4 is 24.1 Å². The minimum atomic E-state index is -0.979. The number of hydrogen-bond acceptors (Lipinski definition) is 8. The number of rotatable bonds is 16. The number of carbonyl (C=O) groups excluding carboxylic acids is 4. The van der Waals surface area contributed by atoms with E-state index in [0.29, 0.717) is 32.2 Å². The van der Waals surface area contributed by atoms with E-state index >= 15 is 0 Å². The second kappa shape index (κ2) is 18.2. The molecular formula is C28H38N4O7. The van der Waals surface area contributed by atoms with Crippen LogP contribution in [0, 0.1) is 0 Å². The van der Waals surface area contributed by atoms with Crippen LogP contribution in [-0.2, 0) is 37.1 Å². The molecule has 0 radical (unpaired) electrons. The lowest BCUT2D eigenvalue weighted by atomic mass is 10.1. The van der Waals surface area contributed by atoms with Crippen molar-refractivity contribution in [2.45, 2.75) is 70.7 Å². The molecule has 2 aromatic rings. The van der Waals surface area contributed by atoms with Crippen molar-refractivity contribution in [1.29, 1.82) is 0 Å². The van der Waals surface area contributed by atoms with Crippen LogP contribution in [0.4, 0.5) is 9.59 Å². The minimum absolute atomic E-state index is 0.0364. The largest absolute Gasteiger partial charge is 0.445 e. The molecule has 0 aromatic heterocycles. The summed E-state index contributed by atoms with van der Waals surface area (Å²) in [5.74, 6) is 3.70. The van der Waals surface area contributed by atoms with Crippen molar-refractivity contribution in [3.05, 3.63) is 71.8 Å². The number of nitrogens with one attached hydrogen (secondary N) is 3. The second-order valence-corrected chi connectivity index (χ2v) is 8.88. The van der Waals surface area contributed by atoms with Gasteiger partial charge in [0, 0.05) is 6.54 Å². The van der Waals surface area contributed by atoms with E-state index in [0.717, 1.165) is 17.5 Å². The van der Waals surface area contributed by atoms with E-state index in [-0.39, 0.29) is 19.6 Å². The van der Waals surface area contributed by atoms with Crippen molar-refractivity contribution in [1.82, 2.24) is 16.0 Å². The molecule has 0 saturated heterocycles. The van der Waals surface area contributed by atoms with Gasteiger partial charge in [-0.3, -0.25) is 4.79 Å². The van der Waals surface area contributed by atoms with Gasteiger partial charge in [0.25, 0.3) is 0 Å². The predicted octanol–water partition coefficient (Wildman–Crippen LogP) is 3.47. The third-order valence-corrected chi connectivity index (χ3v) is 5.79. The summed E-state index contributed by atoms with van der Waals surface area (Å²) in [5, 5.41) is 7.86. The minimum Gasteiger partial charge on any atom is -0.445 e. The van der Waals surface area contributed by atoms with Crippen molar-refractivity contribution in [2.75, 3.05) is 6.54 Å². The number of ether oxygens (including phenoxy) is 2. The van der Waals surface area contributed by atoms with E-state index in [1.807, 2.05) is 67.6 Å². The highest BCUT2D eigenvalue weighted by molar-refractivity contribution is 5.89. The number of alkyl carbamates (subject to hydrolysis) is 2. The highest BCUT2D eigenvalue weighted by atomic mass is 16.7. The van der Waals surface area contributed by atoms with E-state index in [2.05, 4.69) is 20.8 Å². The van der Waals surface area contributed by atoms with Gasteiger partial charge in [-0.1, -0.05) is 80.4 Å². The van der Waals surface area contributed by atoms with Crippen LogP contribution < -0.4 is 21.8 Å². The number of unbranched alkanes of at least 4 members (excludes halogenated alkanes) is 2. The summed E-state index contributed by atoms with van der Waals surface area (Å²) in [7, 11) is 0. The number of benzene rings is 2. The molecule has 0 saturated carbocycles. The molecule has 11 nitrogen and oxygen atoms in total. The first-order valence-electron chi connectivity index (χ1n) is 13.1. The molecule has 2 aromatic carbocycles. The van der Waals surface area contributed by atoms with E-state index in [1.165, 1.54) is 0 Å². The van der Waals surface area contributed by atoms with E-state index < -0.39 is 36.1 Å². The molecule has 2 rings (SSSR count). The lowest BCUT2D eigenvalue weighted by Crippen LogP contribution is -2.52.